The van der Waals surface area contributed by atoms with E-state index in [2.05, 4.69) is 0 Å². The van der Waals surface area contributed by atoms with Crippen molar-refractivity contribution in [3.8, 4) is 0 Å². The quantitative estimate of drug-likeness (QED) is 0.231. The van der Waals surface area contributed by atoms with E-state index in [9.17, 15) is 24.0 Å². The second-order valence-corrected chi connectivity index (χ2v) is 7.79. The van der Waals surface area contributed by atoms with Gasteiger partial charge in [-0.15, -0.1) is 0 Å². The van der Waals surface area contributed by atoms with E-state index in [1.807, 2.05) is 0 Å². The molecular formula is C23H34O11. The SMILES string of the molecule is CCCC(=O)O[C@@H]1[C@@H](OC(=O)CCC)[C@H](C)O[C@H](COC(=O)/C=C/C(=O)O)[C@H]1OC(=O)CCC. The highest BCUT2D eigenvalue weighted by Crippen LogP contribution is 2.30. The molecule has 1 rings (SSSR count). The lowest BCUT2D eigenvalue weighted by atomic mass is 9.94. The molecule has 0 aromatic carbocycles. The second-order valence-electron chi connectivity index (χ2n) is 7.79. The topological polar surface area (TPSA) is 152 Å². The molecule has 1 saturated heterocycles. The van der Waals surface area contributed by atoms with Crippen molar-refractivity contribution in [1.82, 2.24) is 0 Å². The van der Waals surface area contributed by atoms with Crippen LogP contribution in [0.3, 0.4) is 0 Å². The molecule has 0 aromatic rings. The molecule has 1 aliphatic rings. The van der Waals surface area contributed by atoms with Gasteiger partial charge in [-0.3, -0.25) is 14.4 Å². The summed E-state index contributed by atoms with van der Waals surface area (Å²) in [5.41, 5.74) is 0. The number of carboxylic acid groups (broad SMARTS) is 1. The molecule has 1 heterocycles. The third-order valence-corrected chi connectivity index (χ3v) is 4.78. The van der Waals surface area contributed by atoms with Crippen molar-refractivity contribution in [1.29, 1.82) is 0 Å². The molecule has 1 aliphatic heterocycles. The average molecular weight is 487 g/mol. The van der Waals surface area contributed by atoms with Gasteiger partial charge in [0.1, 0.15) is 12.7 Å². The standard InChI is InChI=1S/C23H34O11/c1-5-8-18(27)32-21-14(4)31-15(13-30-17(26)12-11-16(24)25)22(33-19(28)9-6-2)23(21)34-20(29)10-7-3/h11-12,14-15,21-23H,5-10,13H2,1-4H3,(H,24,25)/b12-11+/t14-,15+,21-,22+,23+/m0/s1. The zero-order valence-electron chi connectivity index (χ0n) is 20.0. The number of esters is 4. The fraction of sp³-hybridized carbons (Fsp3) is 0.696. The summed E-state index contributed by atoms with van der Waals surface area (Å²) in [6.07, 6.45) is -2.14. The maximum Gasteiger partial charge on any atom is 0.331 e. The van der Waals surface area contributed by atoms with Gasteiger partial charge in [0, 0.05) is 31.4 Å². The minimum atomic E-state index is -1.33. The zero-order chi connectivity index (χ0) is 25.7. The highest BCUT2D eigenvalue weighted by molar-refractivity contribution is 5.90. The van der Waals surface area contributed by atoms with Crippen molar-refractivity contribution in [3.63, 3.8) is 0 Å². The highest BCUT2D eigenvalue weighted by Gasteiger charge is 2.51. The van der Waals surface area contributed by atoms with Crippen LogP contribution in [0.2, 0.25) is 0 Å². The first kappa shape index (κ1) is 29.1. The molecule has 0 unspecified atom stereocenters. The predicted octanol–water partition coefficient (Wildman–Crippen LogP) is 2.09. The number of carbonyl (C=O) groups is 5. The Bertz CT molecular complexity index is 745. The fourth-order valence-corrected chi connectivity index (χ4v) is 3.27. The van der Waals surface area contributed by atoms with Crippen LogP contribution < -0.4 is 0 Å². The fourth-order valence-electron chi connectivity index (χ4n) is 3.27. The number of hydrogen-bond acceptors (Lipinski definition) is 10. The molecule has 34 heavy (non-hydrogen) atoms. The van der Waals surface area contributed by atoms with Crippen molar-refractivity contribution in [2.45, 2.75) is 96.7 Å². The van der Waals surface area contributed by atoms with Gasteiger partial charge in [-0.1, -0.05) is 20.8 Å². The van der Waals surface area contributed by atoms with Crippen LogP contribution in [0.4, 0.5) is 0 Å². The lowest BCUT2D eigenvalue weighted by molar-refractivity contribution is -0.250. The van der Waals surface area contributed by atoms with Crippen LogP contribution in [-0.4, -0.2) is 72.1 Å². The van der Waals surface area contributed by atoms with Gasteiger partial charge in [-0.05, 0) is 26.2 Å². The van der Waals surface area contributed by atoms with E-state index in [4.69, 9.17) is 28.8 Å². The molecule has 0 aromatic heterocycles. The molecule has 5 atom stereocenters. The van der Waals surface area contributed by atoms with Gasteiger partial charge in [0.25, 0.3) is 0 Å². The van der Waals surface area contributed by atoms with Crippen molar-refractivity contribution in [2.24, 2.45) is 0 Å². The molecule has 0 bridgehead atoms. The van der Waals surface area contributed by atoms with E-state index >= 15 is 0 Å². The van der Waals surface area contributed by atoms with E-state index in [1.54, 1.807) is 27.7 Å². The Labute approximate surface area is 198 Å². The minimum Gasteiger partial charge on any atom is -0.478 e. The van der Waals surface area contributed by atoms with Crippen LogP contribution in [0.25, 0.3) is 0 Å². The van der Waals surface area contributed by atoms with Gasteiger partial charge >= 0.3 is 29.8 Å². The molecule has 1 fully saturated rings. The summed E-state index contributed by atoms with van der Waals surface area (Å²) < 4.78 is 27.6. The predicted molar refractivity (Wildman–Crippen MR) is 116 cm³/mol. The number of carbonyl (C=O) groups excluding carboxylic acids is 4. The van der Waals surface area contributed by atoms with Crippen LogP contribution in [0.5, 0.6) is 0 Å². The van der Waals surface area contributed by atoms with Gasteiger partial charge in [0.05, 0.1) is 6.10 Å². The minimum absolute atomic E-state index is 0.0792. The molecule has 0 radical (unpaired) electrons. The number of aliphatic carboxylic acids is 1. The maximum atomic E-state index is 12.4. The lowest BCUT2D eigenvalue weighted by Crippen LogP contribution is -2.61. The van der Waals surface area contributed by atoms with E-state index < -0.39 is 67.0 Å². The Balaban J connectivity index is 3.21. The summed E-state index contributed by atoms with van der Waals surface area (Å²) in [7, 11) is 0. The Hall–Kier alpha value is -2.95. The van der Waals surface area contributed by atoms with Crippen LogP contribution in [0.15, 0.2) is 12.2 Å². The van der Waals surface area contributed by atoms with Crippen molar-refractivity contribution < 1.29 is 52.8 Å². The smallest absolute Gasteiger partial charge is 0.331 e. The van der Waals surface area contributed by atoms with Crippen molar-refractivity contribution >= 4 is 29.8 Å². The summed E-state index contributed by atoms with van der Waals surface area (Å²) in [5.74, 6) is -3.97. The van der Waals surface area contributed by atoms with Crippen LogP contribution in [-0.2, 0) is 47.7 Å². The van der Waals surface area contributed by atoms with E-state index in [0.717, 1.165) is 6.08 Å². The van der Waals surface area contributed by atoms with Crippen LogP contribution in [0, 0.1) is 0 Å². The summed E-state index contributed by atoms with van der Waals surface area (Å²) in [6, 6.07) is 0. The van der Waals surface area contributed by atoms with Gasteiger partial charge in [0.2, 0.25) is 0 Å². The highest BCUT2D eigenvalue weighted by atomic mass is 16.7. The Morgan fingerprint density at radius 1 is 0.765 bits per heavy atom. The van der Waals surface area contributed by atoms with Crippen LogP contribution in [0.1, 0.15) is 66.2 Å². The third-order valence-electron chi connectivity index (χ3n) is 4.78. The van der Waals surface area contributed by atoms with Gasteiger partial charge in [-0.2, -0.15) is 0 Å². The molecular weight excluding hydrogens is 452 g/mol. The maximum absolute atomic E-state index is 12.4. The summed E-state index contributed by atoms with van der Waals surface area (Å²) in [6.45, 7) is 6.54. The summed E-state index contributed by atoms with van der Waals surface area (Å²) in [4.78, 5) is 59.3. The van der Waals surface area contributed by atoms with Gasteiger partial charge < -0.3 is 28.8 Å². The molecule has 0 spiro atoms. The number of rotatable bonds is 13. The summed E-state index contributed by atoms with van der Waals surface area (Å²) >= 11 is 0. The normalized spacial score (nSPS) is 24.3. The Morgan fingerprint density at radius 2 is 1.24 bits per heavy atom. The van der Waals surface area contributed by atoms with E-state index in [0.29, 0.717) is 25.3 Å². The first-order valence-electron chi connectivity index (χ1n) is 11.4. The first-order chi connectivity index (χ1) is 16.1. The monoisotopic (exact) mass is 486 g/mol. The Morgan fingerprint density at radius 3 is 1.71 bits per heavy atom. The first-order valence-corrected chi connectivity index (χ1v) is 11.4. The van der Waals surface area contributed by atoms with E-state index in [-0.39, 0.29) is 19.3 Å². The summed E-state index contributed by atoms with van der Waals surface area (Å²) in [5, 5.41) is 8.64. The Kier molecular flexibility index (Phi) is 12.9. The van der Waals surface area contributed by atoms with Crippen molar-refractivity contribution in [2.75, 3.05) is 6.61 Å². The largest absolute Gasteiger partial charge is 0.478 e. The number of ether oxygens (including phenoxy) is 5. The zero-order valence-corrected chi connectivity index (χ0v) is 20.0. The van der Waals surface area contributed by atoms with E-state index in [1.165, 1.54) is 0 Å². The second kappa shape index (κ2) is 15.0. The molecule has 11 nitrogen and oxygen atoms in total. The average Bonchev–Trinajstić information content (AvgIpc) is 2.75. The van der Waals surface area contributed by atoms with Gasteiger partial charge in [-0.25, -0.2) is 9.59 Å². The molecule has 11 heteroatoms. The lowest BCUT2D eigenvalue weighted by Gasteiger charge is -2.43. The number of hydrogen-bond donors (Lipinski definition) is 1. The van der Waals surface area contributed by atoms with Crippen LogP contribution >= 0.6 is 0 Å². The molecule has 0 amide bonds. The molecule has 192 valence electrons. The molecule has 1 N–H and O–H groups in total. The molecule has 0 aliphatic carbocycles. The third kappa shape index (κ3) is 9.90. The van der Waals surface area contributed by atoms with Crippen molar-refractivity contribution in [3.05, 3.63) is 12.2 Å². The van der Waals surface area contributed by atoms with Gasteiger partial charge in [0.15, 0.2) is 18.3 Å². The molecule has 0 saturated carbocycles. The number of carboxylic acids is 1.